The molecule has 6 nitrogen and oxygen atoms in total. The number of aryl methyl sites for hydroxylation is 2. The van der Waals surface area contributed by atoms with Crippen molar-refractivity contribution in [1.82, 2.24) is 14.8 Å². The fourth-order valence-corrected chi connectivity index (χ4v) is 3.31. The van der Waals surface area contributed by atoms with Crippen LogP contribution in [0.2, 0.25) is 0 Å². The Hall–Kier alpha value is -2.55. The zero-order valence-corrected chi connectivity index (χ0v) is 13.1. The topological polar surface area (TPSA) is 67.0 Å². The molecule has 0 amide bonds. The highest BCUT2D eigenvalue weighted by molar-refractivity contribution is 5.56. The van der Waals surface area contributed by atoms with Crippen LogP contribution in [0.3, 0.4) is 0 Å². The third kappa shape index (κ3) is 2.19. The lowest BCUT2D eigenvalue weighted by atomic mass is 10.0. The van der Waals surface area contributed by atoms with Gasteiger partial charge in [-0.05, 0) is 31.9 Å². The summed E-state index contributed by atoms with van der Waals surface area (Å²) in [4.78, 5) is 6.63. The molecule has 114 valence electrons. The molecule has 0 aliphatic carbocycles. The summed E-state index contributed by atoms with van der Waals surface area (Å²) in [6.45, 7) is 2.88. The lowest BCUT2D eigenvalue weighted by Crippen LogP contribution is -2.25. The number of pyridine rings is 1. The van der Waals surface area contributed by atoms with Crippen molar-refractivity contribution >= 4 is 5.82 Å². The molecule has 1 atom stereocenters. The van der Waals surface area contributed by atoms with Crippen molar-refractivity contribution in [2.45, 2.75) is 25.8 Å². The average molecular weight is 297 g/mol. The highest BCUT2D eigenvalue weighted by Gasteiger charge is 2.33. The predicted molar refractivity (Wildman–Crippen MR) is 82.8 cm³/mol. The van der Waals surface area contributed by atoms with Gasteiger partial charge in [0.1, 0.15) is 11.9 Å². The minimum atomic E-state index is 0.144. The van der Waals surface area contributed by atoms with E-state index in [9.17, 15) is 5.26 Å². The minimum absolute atomic E-state index is 0.144. The molecular formula is C16H19N5O. The van der Waals surface area contributed by atoms with Crippen LogP contribution in [0.5, 0.6) is 5.88 Å². The van der Waals surface area contributed by atoms with Gasteiger partial charge in [-0.2, -0.15) is 10.4 Å². The zero-order chi connectivity index (χ0) is 15.7. The van der Waals surface area contributed by atoms with Gasteiger partial charge in [0.25, 0.3) is 0 Å². The predicted octanol–water partition coefficient (Wildman–Crippen LogP) is 2.35. The highest BCUT2D eigenvalue weighted by Crippen LogP contribution is 2.41. The van der Waals surface area contributed by atoms with E-state index >= 15 is 0 Å². The van der Waals surface area contributed by atoms with Crippen molar-refractivity contribution in [2.24, 2.45) is 7.05 Å². The van der Waals surface area contributed by atoms with Gasteiger partial charge in [-0.3, -0.25) is 0 Å². The van der Waals surface area contributed by atoms with Crippen molar-refractivity contribution in [3.05, 3.63) is 35.2 Å². The number of rotatable bonds is 3. The van der Waals surface area contributed by atoms with Gasteiger partial charge in [-0.25, -0.2) is 9.67 Å². The maximum Gasteiger partial charge on any atom is 0.216 e. The second-order valence-electron chi connectivity index (χ2n) is 5.47. The molecule has 2 aromatic heterocycles. The number of nitrogens with zero attached hydrogens (tertiary/aromatic N) is 5. The van der Waals surface area contributed by atoms with Gasteiger partial charge in [-0.1, -0.05) is 0 Å². The standard InChI is InChI=1S/C16H19N5O/c1-11-14(16(22-3)20(2)19-11)13-7-5-9-21(13)15-12(10-17)6-4-8-18-15/h4,6,8,13H,5,7,9H2,1-3H3/t13-/m0/s1. The van der Waals surface area contributed by atoms with Crippen molar-refractivity contribution in [3.63, 3.8) is 0 Å². The number of aromatic nitrogens is 3. The van der Waals surface area contributed by atoms with Crippen LogP contribution in [0.25, 0.3) is 0 Å². The fourth-order valence-electron chi connectivity index (χ4n) is 3.31. The summed E-state index contributed by atoms with van der Waals surface area (Å²) in [5.74, 6) is 1.53. The Morgan fingerprint density at radius 2 is 2.27 bits per heavy atom. The third-order valence-electron chi connectivity index (χ3n) is 4.17. The largest absolute Gasteiger partial charge is 0.481 e. The first-order valence-corrected chi connectivity index (χ1v) is 7.36. The molecule has 1 aliphatic heterocycles. The summed E-state index contributed by atoms with van der Waals surface area (Å²) in [6.07, 6.45) is 3.80. The molecule has 1 saturated heterocycles. The SMILES string of the molecule is COc1c([C@@H]2CCCN2c2ncccc2C#N)c(C)nn1C. The number of hydrogen-bond donors (Lipinski definition) is 0. The van der Waals surface area contributed by atoms with E-state index in [4.69, 9.17) is 4.74 Å². The molecule has 3 heterocycles. The van der Waals surface area contributed by atoms with Gasteiger partial charge in [-0.15, -0.1) is 0 Å². The monoisotopic (exact) mass is 297 g/mol. The molecule has 6 heteroatoms. The van der Waals surface area contributed by atoms with E-state index < -0.39 is 0 Å². The first-order chi connectivity index (χ1) is 10.7. The quantitative estimate of drug-likeness (QED) is 0.870. The second kappa shape index (κ2) is 5.68. The molecule has 0 saturated carbocycles. The molecule has 3 rings (SSSR count). The molecule has 22 heavy (non-hydrogen) atoms. The molecule has 1 fully saturated rings. The summed E-state index contributed by atoms with van der Waals surface area (Å²) in [5, 5.41) is 13.8. The Balaban J connectivity index is 2.07. The van der Waals surface area contributed by atoms with E-state index in [1.54, 1.807) is 24.1 Å². The number of anilines is 1. The van der Waals surface area contributed by atoms with Crippen LogP contribution in [0.15, 0.2) is 18.3 Å². The Kier molecular flexibility index (Phi) is 3.72. The van der Waals surface area contributed by atoms with E-state index in [1.165, 1.54) is 0 Å². The first kappa shape index (κ1) is 14.4. The Morgan fingerprint density at radius 1 is 1.45 bits per heavy atom. The van der Waals surface area contributed by atoms with Crippen LogP contribution in [-0.2, 0) is 7.05 Å². The van der Waals surface area contributed by atoms with E-state index in [0.29, 0.717) is 5.56 Å². The third-order valence-corrected chi connectivity index (χ3v) is 4.17. The van der Waals surface area contributed by atoms with Crippen molar-refractivity contribution in [2.75, 3.05) is 18.6 Å². The summed E-state index contributed by atoms with van der Waals surface area (Å²) in [7, 11) is 3.55. The van der Waals surface area contributed by atoms with Gasteiger partial charge < -0.3 is 9.64 Å². The first-order valence-electron chi connectivity index (χ1n) is 7.36. The molecular weight excluding hydrogens is 278 g/mol. The highest BCUT2D eigenvalue weighted by atomic mass is 16.5. The number of nitriles is 1. The van der Waals surface area contributed by atoms with Crippen LogP contribution in [0.1, 0.15) is 35.7 Å². The zero-order valence-electron chi connectivity index (χ0n) is 13.1. The Bertz CT molecular complexity index is 731. The Labute approximate surface area is 129 Å². The number of ether oxygens (including phenoxy) is 1. The maximum atomic E-state index is 9.34. The van der Waals surface area contributed by atoms with Crippen LogP contribution >= 0.6 is 0 Å². The van der Waals surface area contributed by atoms with Crippen molar-refractivity contribution < 1.29 is 4.74 Å². The molecule has 0 unspecified atom stereocenters. The summed E-state index contributed by atoms with van der Waals surface area (Å²) < 4.78 is 7.31. The molecule has 1 aliphatic rings. The lowest BCUT2D eigenvalue weighted by Gasteiger charge is -2.26. The maximum absolute atomic E-state index is 9.34. The summed E-state index contributed by atoms with van der Waals surface area (Å²) in [6, 6.07) is 5.99. The van der Waals surface area contributed by atoms with Gasteiger partial charge in [0.15, 0.2) is 0 Å². The summed E-state index contributed by atoms with van der Waals surface area (Å²) in [5.41, 5.74) is 2.66. The molecule has 0 radical (unpaired) electrons. The van der Waals surface area contributed by atoms with Gasteiger partial charge in [0, 0.05) is 19.8 Å². The van der Waals surface area contributed by atoms with E-state index in [-0.39, 0.29) is 6.04 Å². The Morgan fingerprint density at radius 3 is 3.00 bits per heavy atom. The fraction of sp³-hybridized carbons (Fsp3) is 0.438. The van der Waals surface area contributed by atoms with Crippen LogP contribution in [0, 0.1) is 18.3 Å². The molecule has 0 bridgehead atoms. The van der Waals surface area contributed by atoms with Crippen molar-refractivity contribution in [1.29, 1.82) is 5.26 Å². The molecule has 0 spiro atoms. The van der Waals surface area contributed by atoms with E-state index in [2.05, 4.69) is 21.1 Å². The van der Waals surface area contributed by atoms with Crippen molar-refractivity contribution in [3.8, 4) is 11.9 Å². The summed E-state index contributed by atoms with van der Waals surface area (Å²) >= 11 is 0. The van der Waals surface area contributed by atoms with Crippen LogP contribution < -0.4 is 9.64 Å². The van der Waals surface area contributed by atoms with E-state index in [1.807, 2.05) is 20.0 Å². The van der Waals surface area contributed by atoms with Crippen LogP contribution in [0.4, 0.5) is 5.82 Å². The number of hydrogen-bond acceptors (Lipinski definition) is 5. The number of methoxy groups -OCH3 is 1. The van der Waals surface area contributed by atoms with Gasteiger partial charge >= 0.3 is 0 Å². The van der Waals surface area contributed by atoms with Gasteiger partial charge in [0.2, 0.25) is 5.88 Å². The van der Waals surface area contributed by atoms with Crippen LogP contribution in [-0.4, -0.2) is 28.4 Å². The molecule has 0 aromatic carbocycles. The van der Waals surface area contributed by atoms with E-state index in [0.717, 1.165) is 42.3 Å². The molecule has 2 aromatic rings. The second-order valence-corrected chi connectivity index (χ2v) is 5.47. The average Bonchev–Trinajstić information content (AvgIpc) is 3.10. The smallest absolute Gasteiger partial charge is 0.216 e. The normalized spacial score (nSPS) is 17.5. The lowest BCUT2D eigenvalue weighted by molar-refractivity contribution is 0.366. The van der Waals surface area contributed by atoms with Gasteiger partial charge in [0.05, 0.1) is 30.0 Å². The minimum Gasteiger partial charge on any atom is -0.481 e. The molecule has 0 N–H and O–H groups in total.